The van der Waals surface area contributed by atoms with Crippen molar-refractivity contribution in [2.45, 2.75) is 26.2 Å². The van der Waals surface area contributed by atoms with Crippen LogP contribution >= 0.6 is 11.3 Å². The third-order valence-electron chi connectivity index (χ3n) is 4.36. The van der Waals surface area contributed by atoms with Crippen LogP contribution in [0.1, 0.15) is 23.9 Å². The van der Waals surface area contributed by atoms with Gasteiger partial charge in [0.15, 0.2) is 5.13 Å². The van der Waals surface area contributed by atoms with Crippen LogP contribution < -0.4 is 5.32 Å². The first-order chi connectivity index (χ1) is 10.6. The Bertz CT molecular complexity index is 552. The van der Waals surface area contributed by atoms with Crippen molar-refractivity contribution in [2.24, 2.45) is 5.92 Å². The minimum atomic E-state index is -0.0151. The molecule has 2 amide bonds. The summed E-state index contributed by atoms with van der Waals surface area (Å²) < 4.78 is 0. The predicted octanol–water partition coefficient (Wildman–Crippen LogP) is 0.980. The van der Waals surface area contributed by atoms with Crippen molar-refractivity contribution in [1.82, 2.24) is 14.8 Å². The lowest BCUT2D eigenvalue weighted by atomic mass is 9.93. The molecule has 0 unspecified atom stereocenters. The zero-order valence-corrected chi connectivity index (χ0v) is 13.7. The van der Waals surface area contributed by atoms with E-state index >= 15 is 0 Å². The maximum Gasteiger partial charge on any atom is 0.240 e. The number of hydrogen-bond donors (Lipinski definition) is 1. The molecule has 0 aromatic carbocycles. The zero-order valence-electron chi connectivity index (χ0n) is 12.9. The molecule has 2 aliphatic rings. The molecule has 120 valence electrons. The molecule has 22 heavy (non-hydrogen) atoms. The van der Waals surface area contributed by atoms with Gasteiger partial charge in [-0.3, -0.25) is 14.5 Å². The minimum absolute atomic E-state index is 0.0151. The van der Waals surface area contributed by atoms with Gasteiger partial charge >= 0.3 is 0 Å². The average molecular weight is 322 g/mol. The summed E-state index contributed by atoms with van der Waals surface area (Å²) >= 11 is 1.62. The molecule has 0 spiro atoms. The number of nitrogens with one attached hydrogen (secondary N) is 1. The van der Waals surface area contributed by atoms with Crippen LogP contribution in [0.15, 0.2) is 0 Å². The van der Waals surface area contributed by atoms with Gasteiger partial charge in [-0.25, -0.2) is 4.98 Å². The second kappa shape index (κ2) is 6.75. The molecule has 0 bridgehead atoms. The molecule has 2 heterocycles. The van der Waals surface area contributed by atoms with Gasteiger partial charge in [0.05, 0.1) is 12.2 Å². The monoisotopic (exact) mass is 322 g/mol. The summed E-state index contributed by atoms with van der Waals surface area (Å²) in [6.45, 7) is 5.52. The lowest BCUT2D eigenvalue weighted by Crippen LogP contribution is -2.48. The van der Waals surface area contributed by atoms with Crippen molar-refractivity contribution in [3.8, 4) is 0 Å². The predicted molar refractivity (Wildman–Crippen MR) is 86.0 cm³/mol. The quantitative estimate of drug-likeness (QED) is 0.839. The van der Waals surface area contributed by atoms with Gasteiger partial charge in [-0.15, -0.1) is 11.3 Å². The Kier molecular flexibility index (Phi) is 4.73. The number of hydrogen-bond acceptors (Lipinski definition) is 5. The van der Waals surface area contributed by atoms with Crippen molar-refractivity contribution in [3.05, 3.63) is 10.6 Å². The Labute approximate surface area is 134 Å². The highest BCUT2D eigenvalue weighted by molar-refractivity contribution is 7.15. The molecule has 0 saturated carbocycles. The molecule has 6 nitrogen and oxygen atoms in total. The molecule has 7 heteroatoms. The first kappa shape index (κ1) is 15.4. The molecule has 1 aliphatic carbocycles. The normalized spacial score (nSPS) is 22.2. The Balaban J connectivity index is 1.51. The fraction of sp³-hybridized carbons (Fsp3) is 0.667. The fourth-order valence-corrected chi connectivity index (χ4v) is 4.17. The molecule has 1 N–H and O–H groups in total. The summed E-state index contributed by atoms with van der Waals surface area (Å²) in [7, 11) is 0. The number of amides is 2. The maximum absolute atomic E-state index is 12.1. The standard InChI is InChI=1S/C15H22N4O2S/c1-11-2-3-12-13(8-11)22-15(16-12)17-14(21)9-18-4-6-19(10-20)7-5-18/h10-11H,2-9H2,1H3,(H,16,17,21)/t11-/m1/s1. The number of anilines is 1. The molecule has 1 fully saturated rings. The van der Waals surface area contributed by atoms with Crippen LogP contribution in [0.5, 0.6) is 0 Å². The first-order valence-corrected chi connectivity index (χ1v) is 8.66. The summed E-state index contributed by atoms with van der Waals surface area (Å²) in [6, 6.07) is 0. The van der Waals surface area contributed by atoms with E-state index in [4.69, 9.17) is 0 Å². The molecule has 1 atom stereocenters. The lowest BCUT2D eigenvalue weighted by Gasteiger charge is -2.31. The Morgan fingerprint density at radius 3 is 2.91 bits per heavy atom. The number of piperazine rings is 1. The van der Waals surface area contributed by atoms with Gasteiger partial charge in [-0.1, -0.05) is 6.92 Å². The van der Waals surface area contributed by atoms with E-state index in [-0.39, 0.29) is 5.91 Å². The average Bonchev–Trinajstić information content (AvgIpc) is 2.89. The van der Waals surface area contributed by atoms with Crippen LogP contribution in [0.25, 0.3) is 0 Å². The van der Waals surface area contributed by atoms with Gasteiger partial charge in [0.2, 0.25) is 12.3 Å². The molecule has 1 saturated heterocycles. The third kappa shape index (κ3) is 3.64. The largest absolute Gasteiger partial charge is 0.343 e. The highest BCUT2D eigenvalue weighted by Gasteiger charge is 2.22. The number of nitrogens with zero attached hydrogens (tertiary/aromatic N) is 3. The van der Waals surface area contributed by atoms with E-state index in [1.807, 2.05) is 0 Å². The number of fused-ring (bicyclic) bond motifs is 1. The van der Waals surface area contributed by atoms with Crippen LogP contribution in [-0.2, 0) is 22.4 Å². The van der Waals surface area contributed by atoms with Gasteiger partial charge in [-0.05, 0) is 25.2 Å². The molecule has 0 radical (unpaired) electrons. The van der Waals surface area contributed by atoms with E-state index in [1.54, 1.807) is 16.2 Å². The van der Waals surface area contributed by atoms with Crippen molar-refractivity contribution < 1.29 is 9.59 Å². The van der Waals surface area contributed by atoms with Crippen LogP contribution in [0.3, 0.4) is 0 Å². The van der Waals surface area contributed by atoms with Gasteiger partial charge in [-0.2, -0.15) is 0 Å². The number of carbonyl (C=O) groups is 2. The molecule has 1 aliphatic heterocycles. The van der Waals surface area contributed by atoms with Crippen molar-refractivity contribution in [3.63, 3.8) is 0 Å². The molecular weight excluding hydrogens is 300 g/mol. The van der Waals surface area contributed by atoms with Crippen LogP contribution in [0.4, 0.5) is 5.13 Å². The number of thiazole rings is 1. The first-order valence-electron chi connectivity index (χ1n) is 7.84. The second-order valence-corrected chi connectivity index (χ2v) is 7.29. The van der Waals surface area contributed by atoms with Crippen LogP contribution in [0, 0.1) is 5.92 Å². The number of carbonyl (C=O) groups excluding carboxylic acids is 2. The Morgan fingerprint density at radius 2 is 2.18 bits per heavy atom. The highest BCUT2D eigenvalue weighted by Crippen LogP contribution is 2.32. The molecular formula is C15H22N4O2S. The highest BCUT2D eigenvalue weighted by atomic mass is 32.1. The summed E-state index contributed by atoms with van der Waals surface area (Å²) in [4.78, 5) is 32.5. The SMILES string of the molecule is C[C@@H]1CCc2nc(NC(=O)CN3CCN(C=O)CC3)sc2C1. The van der Waals surface area contributed by atoms with Gasteiger partial charge < -0.3 is 10.2 Å². The fourth-order valence-electron chi connectivity index (χ4n) is 2.98. The van der Waals surface area contributed by atoms with E-state index in [0.717, 1.165) is 43.2 Å². The molecule has 1 aromatic heterocycles. The molecule has 3 rings (SSSR count). The van der Waals surface area contributed by atoms with Gasteiger partial charge in [0.25, 0.3) is 0 Å². The minimum Gasteiger partial charge on any atom is -0.343 e. The third-order valence-corrected chi connectivity index (χ3v) is 5.39. The summed E-state index contributed by atoms with van der Waals surface area (Å²) in [6.07, 6.45) is 4.16. The van der Waals surface area contributed by atoms with Crippen LogP contribution in [-0.4, -0.2) is 59.8 Å². The maximum atomic E-state index is 12.1. The smallest absolute Gasteiger partial charge is 0.240 e. The van der Waals surface area contributed by atoms with Crippen molar-refractivity contribution in [2.75, 3.05) is 38.0 Å². The Morgan fingerprint density at radius 1 is 1.41 bits per heavy atom. The van der Waals surface area contributed by atoms with Crippen molar-refractivity contribution >= 4 is 28.8 Å². The van der Waals surface area contributed by atoms with E-state index in [9.17, 15) is 9.59 Å². The van der Waals surface area contributed by atoms with Gasteiger partial charge in [0.1, 0.15) is 0 Å². The van der Waals surface area contributed by atoms with Crippen LogP contribution in [0.2, 0.25) is 0 Å². The number of aromatic nitrogens is 1. The number of aryl methyl sites for hydroxylation is 1. The van der Waals surface area contributed by atoms with E-state index in [1.165, 1.54) is 11.3 Å². The van der Waals surface area contributed by atoms with Gasteiger partial charge in [0, 0.05) is 31.1 Å². The number of rotatable bonds is 4. The summed E-state index contributed by atoms with van der Waals surface area (Å²) in [5.74, 6) is 0.698. The van der Waals surface area contributed by atoms with Crippen molar-refractivity contribution in [1.29, 1.82) is 0 Å². The zero-order chi connectivity index (χ0) is 15.5. The van der Waals surface area contributed by atoms with E-state index in [0.29, 0.717) is 25.6 Å². The second-order valence-electron chi connectivity index (χ2n) is 6.20. The summed E-state index contributed by atoms with van der Waals surface area (Å²) in [5, 5.41) is 3.66. The lowest BCUT2D eigenvalue weighted by molar-refractivity contribution is -0.120. The molecule has 1 aromatic rings. The Hall–Kier alpha value is -1.47. The summed E-state index contributed by atoms with van der Waals surface area (Å²) in [5.41, 5.74) is 1.16. The van der Waals surface area contributed by atoms with E-state index in [2.05, 4.69) is 22.1 Å². The van der Waals surface area contributed by atoms with E-state index < -0.39 is 0 Å². The topological polar surface area (TPSA) is 65.5 Å².